The zero-order valence-corrected chi connectivity index (χ0v) is 36.0. The van der Waals surface area contributed by atoms with Crippen molar-refractivity contribution in [3.05, 3.63) is 224 Å². The summed E-state index contributed by atoms with van der Waals surface area (Å²) < 4.78 is 15.0. The van der Waals surface area contributed by atoms with Crippen molar-refractivity contribution in [1.82, 2.24) is 4.57 Å². The van der Waals surface area contributed by atoms with Gasteiger partial charge in [0.25, 0.3) is 0 Å². The molecule has 64 heavy (non-hydrogen) atoms. The van der Waals surface area contributed by atoms with Crippen molar-refractivity contribution in [2.45, 2.75) is 13.3 Å². The summed E-state index contributed by atoms with van der Waals surface area (Å²) in [6, 6.07) is 71.4. The summed E-state index contributed by atoms with van der Waals surface area (Å²) in [6.45, 7) is 2.28. The van der Waals surface area contributed by atoms with Crippen LogP contribution in [0.25, 0.3) is 65.1 Å². The largest absolute Gasteiger partial charge is 0.449 e. The van der Waals surface area contributed by atoms with E-state index in [1.54, 1.807) is 0 Å². The molecule has 0 bridgehead atoms. The predicted molar refractivity (Wildman–Crippen MR) is 267 cm³/mol. The molecule has 1 aliphatic heterocycles. The van der Waals surface area contributed by atoms with Crippen LogP contribution < -0.4 is 14.4 Å². The number of thiophene rings is 1. The van der Waals surface area contributed by atoms with E-state index in [2.05, 4.69) is 211 Å². The van der Waals surface area contributed by atoms with Crippen LogP contribution in [0.3, 0.4) is 0 Å². The summed E-state index contributed by atoms with van der Waals surface area (Å²) in [6.07, 6.45) is 8.01. The average molecular weight is 843 g/mol. The molecule has 1 unspecified atom stereocenters. The van der Waals surface area contributed by atoms with Crippen molar-refractivity contribution in [1.29, 1.82) is 0 Å². The Morgan fingerprint density at radius 1 is 0.469 bits per heavy atom. The first-order valence-corrected chi connectivity index (χ1v) is 22.7. The second kappa shape index (κ2) is 15.8. The van der Waals surface area contributed by atoms with E-state index in [-0.39, 0.29) is 0 Å². The van der Waals surface area contributed by atoms with E-state index >= 15 is 0 Å². The number of hydrogen-bond donors (Lipinski definition) is 0. The van der Waals surface area contributed by atoms with Gasteiger partial charge in [0.05, 0.1) is 11.0 Å². The molecule has 0 N–H and O–H groups in total. The first-order chi connectivity index (χ1) is 31.6. The van der Waals surface area contributed by atoms with Gasteiger partial charge in [-0.2, -0.15) is 0 Å². The lowest BCUT2D eigenvalue weighted by Gasteiger charge is -2.26. The van der Waals surface area contributed by atoms with Crippen LogP contribution in [-0.4, -0.2) is 4.57 Å². The van der Waals surface area contributed by atoms with Gasteiger partial charge in [-0.1, -0.05) is 134 Å². The maximum atomic E-state index is 6.35. The van der Waals surface area contributed by atoms with Gasteiger partial charge >= 0.3 is 0 Å². The van der Waals surface area contributed by atoms with Crippen LogP contribution in [-0.2, 0) is 0 Å². The number of rotatable bonds is 8. The Balaban J connectivity index is 0.835. The summed E-state index contributed by atoms with van der Waals surface area (Å²) in [5.41, 5.74) is 14.0. The molecule has 8 aromatic carbocycles. The van der Waals surface area contributed by atoms with Crippen LogP contribution >= 0.6 is 11.3 Å². The van der Waals surface area contributed by atoms with Gasteiger partial charge in [-0.15, -0.1) is 11.3 Å². The number of ether oxygens (including phenoxy) is 2. The van der Waals surface area contributed by atoms with Crippen LogP contribution in [0, 0.1) is 5.92 Å². The van der Waals surface area contributed by atoms with Gasteiger partial charge in [-0.25, -0.2) is 0 Å². The molecule has 0 saturated heterocycles. The second-order valence-electron chi connectivity index (χ2n) is 16.6. The van der Waals surface area contributed by atoms with Crippen molar-refractivity contribution in [3.63, 3.8) is 0 Å². The minimum atomic E-state index is 0.550. The minimum Gasteiger partial charge on any atom is -0.449 e. The molecule has 0 spiro atoms. The molecular weight excluding hydrogens is 801 g/mol. The third-order valence-corrected chi connectivity index (χ3v) is 13.6. The highest BCUT2D eigenvalue weighted by molar-refractivity contribution is 7.18. The van der Waals surface area contributed by atoms with Gasteiger partial charge < -0.3 is 18.9 Å². The Morgan fingerprint density at radius 3 is 1.64 bits per heavy atom. The van der Waals surface area contributed by atoms with Gasteiger partial charge in [0, 0.05) is 49.3 Å². The standard InChI is InChI=1S/C59H42N2O2S/c1-39-10-9-13-45(36-39)42-20-28-47(29-21-42)60(46-26-18-41(19-27-46)40-11-3-2-4-12-40)48-30-22-43(23-31-48)58-34-35-59(64-58)44-24-32-49(33-25-44)61-52-15-6-5-14-50(52)51-37-56-57(38-53(51)61)63-55-17-8-7-16-54(55)62-56/h2-9,11-39H,10H2,1H3. The van der Waals surface area contributed by atoms with Crippen molar-refractivity contribution in [2.75, 3.05) is 4.90 Å². The third-order valence-electron chi connectivity index (χ3n) is 12.4. The van der Waals surface area contributed by atoms with Crippen LogP contribution in [0.1, 0.15) is 18.9 Å². The van der Waals surface area contributed by atoms with Gasteiger partial charge in [0.15, 0.2) is 23.0 Å². The molecular formula is C59H42N2O2S. The number of hydrogen-bond acceptors (Lipinski definition) is 4. The Morgan fingerprint density at radius 2 is 1.00 bits per heavy atom. The van der Waals surface area contributed by atoms with E-state index in [0.717, 1.165) is 62.8 Å². The fraction of sp³-hybridized carbons (Fsp3) is 0.0508. The average Bonchev–Trinajstić information content (AvgIpc) is 3.97. The van der Waals surface area contributed by atoms with Crippen LogP contribution in [0.2, 0.25) is 0 Å². The molecule has 0 fully saturated rings. The van der Waals surface area contributed by atoms with Crippen LogP contribution in [0.4, 0.5) is 17.1 Å². The lowest BCUT2D eigenvalue weighted by molar-refractivity contribution is 0.360. The van der Waals surface area contributed by atoms with Gasteiger partial charge in [-0.05, 0) is 131 Å². The summed E-state index contributed by atoms with van der Waals surface area (Å²) in [4.78, 5) is 4.81. The number of nitrogens with zero attached hydrogens (tertiary/aromatic N) is 2. The van der Waals surface area contributed by atoms with Crippen molar-refractivity contribution >= 4 is 55.8 Å². The molecule has 0 saturated carbocycles. The lowest BCUT2D eigenvalue weighted by Crippen LogP contribution is -2.10. The Bertz CT molecular complexity index is 3400. The topological polar surface area (TPSA) is 26.6 Å². The summed E-state index contributed by atoms with van der Waals surface area (Å²) in [7, 11) is 0. The summed E-state index contributed by atoms with van der Waals surface area (Å²) in [5, 5.41) is 2.29. The molecule has 12 rings (SSSR count). The molecule has 5 heteroatoms. The molecule has 3 heterocycles. The maximum Gasteiger partial charge on any atom is 0.172 e. The monoisotopic (exact) mass is 842 g/mol. The number of anilines is 3. The molecule has 306 valence electrons. The predicted octanol–water partition coefficient (Wildman–Crippen LogP) is 17.2. The molecule has 0 amide bonds. The molecule has 10 aromatic rings. The number of fused-ring (bicyclic) bond motifs is 5. The normalized spacial score (nSPS) is 14.1. The van der Waals surface area contributed by atoms with Crippen LogP contribution in [0.15, 0.2) is 218 Å². The van der Waals surface area contributed by atoms with E-state index in [9.17, 15) is 0 Å². The molecule has 2 aromatic heterocycles. The first-order valence-electron chi connectivity index (χ1n) is 21.9. The Hall–Kier alpha value is -7.86. The zero-order valence-electron chi connectivity index (χ0n) is 35.2. The highest BCUT2D eigenvalue weighted by atomic mass is 32.1. The number of aromatic nitrogens is 1. The number of benzene rings is 8. The summed E-state index contributed by atoms with van der Waals surface area (Å²) >= 11 is 1.82. The van der Waals surface area contributed by atoms with E-state index in [4.69, 9.17) is 9.47 Å². The third kappa shape index (κ3) is 6.87. The van der Waals surface area contributed by atoms with E-state index in [1.807, 2.05) is 35.6 Å². The Labute approximate surface area is 376 Å². The van der Waals surface area contributed by atoms with Gasteiger partial charge in [0.1, 0.15) is 0 Å². The van der Waals surface area contributed by atoms with Gasteiger partial charge in [-0.3, -0.25) is 0 Å². The summed E-state index contributed by atoms with van der Waals surface area (Å²) in [5.74, 6) is 3.44. The highest BCUT2D eigenvalue weighted by Crippen LogP contribution is 2.49. The number of allylic oxidation sites excluding steroid dienone is 4. The quantitative estimate of drug-likeness (QED) is 0.152. The SMILES string of the molecule is CC1C=C(c2ccc(N(c3ccc(-c4ccccc4)cc3)c3ccc(-c4ccc(-c5ccc(-n6c7ccccc7c7cc8c(cc76)Oc6ccccc6O8)cc5)s4)cc3)cc2)C=CC1. The molecule has 4 nitrogen and oxygen atoms in total. The van der Waals surface area contributed by atoms with Crippen molar-refractivity contribution in [2.24, 2.45) is 5.92 Å². The molecule has 2 aliphatic rings. The lowest BCUT2D eigenvalue weighted by atomic mass is 9.93. The van der Waals surface area contributed by atoms with E-state index in [1.165, 1.54) is 48.5 Å². The van der Waals surface area contributed by atoms with E-state index < -0.39 is 0 Å². The van der Waals surface area contributed by atoms with Gasteiger partial charge in [0.2, 0.25) is 0 Å². The zero-order chi connectivity index (χ0) is 42.6. The fourth-order valence-electron chi connectivity index (χ4n) is 9.18. The van der Waals surface area contributed by atoms with Crippen LogP contribution in [0.5, 0.6) is 23.0 Å². The smallest absolute Gasteiger partial charge is 0.172 e. The highest BCUT2D eigenvalue weighted by Gasteiger charge is 2.23. The molecule has 1 aliphatic carbocycles. The second-order valence-corrected chi connectivity index (χ2v) is 17.7. The minimum absolute atomic E-state index is 0.550. The molecule has 0 radical (unpaired) electrons. The fourth-order valence-corrected chi connectivity index (χ4v) is 10.2. The maximum absolute atomic E-state index is 6.35. The number of para-hydroxylation sites is 3. The first kappa shape index (κ1) is 37.9. The van der Waals surface area contributed by atoms with Crippen molar-refractivity contribution in [3.8, 4) is 60.7 Å². The molecule has 1 atom stereocenters. The van der Waals surface area contributed by atoms with Crippen molar-refractivity contribution < 1.29 is 9.47 Å². The van der Waals surface area contributed by atoms with E-state index in [0.29, 0.717) is 11.7 Å². The Kier molecular flexibility index (Phi) is 9.35.